The van der Waals surface area contributed by atoms with Gasteiger partial charge in [0.05, 0.1) is 29.1 Å². The summed E-state index contributed by atoms with van der Waals surface area (Å²) in [4.78, 5) is 16.5. The second kappa shape index (κ2) is 6.49. The summed E-state index contributed by atoms with van der Waals surface area (Å²) in [5.41, 5.74) is 1.55. The Bertz CT molecular complexity index is 650. The topological polar surface area (TPSA) is 59.8 Å². The van der Waals surface area contributed by atoms with Crippen molar-refractivity contribution >= 4 is 33.0 Å². The Labute approximate surface area is 130 Å². The number of aryl methyl sites for hydroxylation is 1. The van der Waals surface area contributed by atoms with E-state index in [0.717, 1.165) is 10.7 Å². The molecule has 0 aliphatic heterocycles. The SMILES string of the molecule is Cc1nc(CNc2cnn(CC(C)C)c(=O)c2Br)cs1. The molecule has 108 valence electrons. The number of hydrogen-bond donors (Lipinski definition) is 1. The number of thiazole rings is 1. The smallest absolute Gasteiger partial charge is 0.283 e. The molecule has 0 atom stereocenters. The summed E-state index contributed by atoms with van der Waals surface area (Å²) in [6.07, 6.45) is 1.67. The van der Waals surface area contributed by atoms with E-state index < -0.39 is 0 Å². The highest BCUT2D eigenvalue weighted by atomic mass is 79.9. The summed E-state index contributed by atoms with van der Waals surface area (Å²) in [5, 5.41) is 10.4. The van der Waals surface area contributed by atoms with Gasteiger partial charge in [0.25, 0.3) is 5.56 Å². The molecule has 0 amide bonds. The molecule has 0 saturated heterocycles. The Morgan fingerprint density at radius 3 is 2.85 bits per heavy atom. The third-order valence-corrected chi connectivity index (χ3v) is 4.24. The minimum atomic E-state index is -0.113. The lowest BCUT2D eigenvalue weighted by molar-refractivity contribution is 0.462. The summed E-state index contributed by atoms with van der Waals surface area (Å²) < 4.78 is 1.99. The fraction of sp³-hybridized carbons (Fsp3) is 0.462. The second-order valence-electron chi connectivity index (χ2n) is 4.96. The van der Waals surface area contributed by atoms with Crippen LogP contribution in [0.4, 0.5) is 5.69 Å². The summed E-state index contributed by atoms with van der Waals surface area (Å²) in [6.45, 7) is 7.28. The zero-order valence-corrected chi connectivity index (χ0v) is 14.1. The van der Waals surface area contributed by atoms with Crippen molar-refractivity contribution in [1.29, 1.82) is 0 Å². The molecule has 20 heavy (non-hydrogen) atoms. The van der Waals surface area contributed by atoms with Crippen molar-refractivity contribution in [3.63, 3.8) is 0 Å². The van der Waals surface area contributed by atoms with Gasteiger partial charge < -0.3 is 5.32 Å². The average molecular weight is 357 g/mol. The molecule has 2 rings (SSSR count). The lowest BCUT2D eigenvalue weighted by atomic mass is 10.2. The Balaban J connectivity index is 2.13. The molecule has 2 aromatic rings. The number of hydrogen-bond acceptors (Lipinski definition) is 5. The van der Waals surface area contributed by atoms with E-state index >= 15 is 0 Å². The van der Waals surface area contributed by atoms with Crippen molar-refractivity contribution in [3.05, 3.63) is 37.1 Å². The zero-order valence-electron chi connectivity index (χ0n) is 11.7. The van der Waals surface area contributed by atoms with E-state index in [-0.39, 0.29) is 5.56 Å². The van der Waals surface area contributed by atoms with Crippen molar-refractivity contribution in [3.8, 4) is 0 Å². The van der Waals surface area contributed by atoms with Crippen molar-refractivity contribution in [2.24, 2.45) is 5.92 Å². The van der Waals surface area contributed by atoms with Gasteiger partial charge in [-0.15, -0.1) is 11.3 Å². The number of anilines is 1. The molecule has 0 saturated carbocycles. The number of nitrogens with zero attached hydrogens (tertiary/aromatic N) is 3. The van der Waals surface area contributed by atoms with Crippen LogP contribution < -0.4 is 10.9 Å². The Morgan fingerprint density at radius 1 is 1.50 bits per heavy atom. The Morgan fingerprint density at radius 2 is 2.25 bits per heavy atom. The fourth-order valence-electron chi connectivity index (χ4n) is 1.74. The maximum absolute atomic E-state index is 12.1. The quantitative estimate of drug-likeness (QED) is 0.894. The molecule has 0 fully saturated rings. The number of rotatable bonds is 5. The predicted molar refractivity (Wildman–Crippen MR) is 85.2 cm³/mol. The van der Waals surface area contributed by atoms with E-state index in [1.54, 1.807) is 17.5 Å². The molecule has 7 heteroatoms. The van der Waals surface area contributed by atoms with Crippen LogP contribution in [0.3, 0.4) is 0 Å². The van der Waals surface area contributed by atoms with Gasteiger partial charge in [0.15, 0.2) is 0 Å². The highest BCUT2D eigenvalue weighted by molar-refractivity contribution is 9.10. The van der Waals surface area contributed by atoms with E-state index in [2.05, 4.69) is 45.2 Å². The predicted octanol–water partition coefficient (Wildman–Crippen LogP) is 3.04. The Hall–Kier alpha value is -1.21. The van der Waals surface area contributed by atoms with Crippen molar-refractivity contribution < 1.29 is 0 Å². The third-order valence-electron chi connectivity index (χ3n) is 2.65. The number of aromatic nitrogens is 3. The summed E-state index contributed by atoms with van der Waals surface area (Å²) in [6, 6.07) is 0. The highest BCUT2D eigenvalue weighted by Crippen LogP contribution is 2.18. The van der Waals surface area contributed by atoms with Gasteiger partial charge in [0, 0.05) is 11.9 Å². The van der Waals surface area contributed by atoms with Gasteiger partial charge in [-0.05, 0) is 28.8 Å². The van der Waals surface area contributed by atoms with Crippen LogP contribution in [-0.4, -0.2) is 14.8 Å². The van der Waals surface area contributed by atoms with Gasteiger partial charge in [-0.3, -0.25) is 4.79 Å². The molecule has 1 N–H and O–H groups in total. The molecule has 2 aromatic heterocycles. The van der Waals surface area contributed by atoms with Crippen LogP contribution in [0.5, 0.6) is 0 Å². The molecule has 0 spiro atoms. The molecule has 0 unspecified atom stereocenters. The molecular formula is C13H17BrN4OS. The van der Waals surface area contributed by atoms with Gasteiger partial charge in [-0.1, -0.05) is 13.8 Å². The van der Waals surface area contributed by atoms with Crippen LogP contribution in [0.15, 0.2) is 20.8 Å². The first kappa shape index (κ1) is 15.2. The molecular weight excluding hydrogens is 340 g/mol. The van der Waals surface area contributed by atoms with Crippen LogP contribution in [0, 0.1) is 12.8 Å². The molecule has 2 heterocycles. The van der Waals surface area contributed by atoms with Crippen LogP contribution in [0.25, 0.3) is 0 Å². The van der Waals surface area contributed by atoms with Crippen molar-refractivity contribution in [1.82, 2.24) is 14.8 Å². The maximum Gasteiger partial charge on any atom is 0.283 e. The lowest BCUT2D eigenvalue weighted by Crippen LogP contribution is -2.26. The van der Waals surface area contributed by atoms with Gasteiger partial charge in [-0.2, -0.15) is 5.10 Å². The first-order valence-corrected chi connectivity index (χ1v) is 8.05. The van der Waals surface area contributed by atoms with Crippen molar-refractivity contribution in [2.75, 3.05) is 5.32 Å². The molecule has 0 aromatic carbocycles. The largest absolute Gasteiger partial charge is 0.377 e. The normalized spacial score (nSPS) is 11.1. The maximum atomic E-state index is 12.1. The average Bonchev–Trinajstić information content (AvgIpc) is 2.79. The second-order valence-corrected chi connectivity index (χ2v) is 6.82. The van der Waals surface area contributed by atoms with Gasteiger partial charge in [0.2, 0.25) is 0 Å². The Kier molecular flexibility index (Phi) is 4.93. The van der Waals surface area contributed by atoms with Crippen LogP contribution in [-0.2, 0) is 13.1 Å². The minimum absolute atomic E-state index is 0.113. The molecule has 0 bridgehead atoms. The first-order valence-electron chi connectivity index (χ1n) is 6.38. The monoisotopic (exact) mass is 356 g/mol. The first-order chi connectivity index (χ1) is 9.47. The van der Waals surface area contributed by atoms with Crippen molar-refractivity contribution in [2.45, 2.75) is 33.9 Å². The zero-order chi connectivity index (χ0) is 14.7. The third kappa shape index (κ3) is 3.67. The van der Waals surface area contributed by atoms with E-state index in [1.165, 1.54) is 4.68 Å². The standard InChI is InChI=1S/C13H17BrN4OS/c1-8(2)6-18-13(19)12(14)11(5-16-18)15-4-10-7-20-9(3)17-10/h5,7-8,15H,4,6H2,1-3H3. The summed E-state index contributed by atoms with van der Waals surface area (Å²) in [5.74, 6) is 0.379. The minimum Gasteiger partial charge on any atom is -0.377 e. The molecule has 5 nitrogen and oxygen atoms in total. The van der Waals surface area contributed by atoms with Crippen LogP contribution in [0.2, 0.25) is 0 Å². The van der Waals surface area contributed by atoms with Gasteiger partial charge in [-0.25, -0.2) is 9.67 Å². The molecule has 0 radical (unpaired) electrons. The van der Waals surface area contributed by atoms with E-state index in [0.29, 0.717) is 29.2 Å². The van der Waals surface area contributed by atoms with Gasteiger partial charge >= 0.3 is 0 Å². The molecule has 0 aliphatic carbocycles. The molecule has 0 aliphatic rings. The van der Waals surface area contributed by atoms with E-state index in [9.17, 15) is 4.79 Å². The summed E-state index contributed by atoms with van der Waals surface area (Å²) >= 11 is 4.96. The fourth-order valence-corrected chi connectivity index (χ4v) is 2.80. The number of nitrogens with one attached hydrogen (secondary N) is 1. The lowest BCUT2D eigenvalue weighted by Gasteiger charge is -2.11. The van der Waals surface area contributed by atoms with Crippen LogP contribution >= 0.6 is 27.3 Å². The summed E-state index contributed by atoms with van der Waals surface area (Å²) in [7, 11) is 0. The van der Waals surface area contributed by atoms with E-state index in [4.69, 9.17) is 0 Å². The van der Waals surface area contributed by atoms with Gasteiger partial charge in [0.1, 0.15) is 4.47 Å². The highest BCUT2D eigenvalue weighted by Gasteiger charge is 2.10. The van der Waals surface area contributed by atoms with E-state index in [1.807, 2.05) is 12.3 Å². The van der Waals surface area contributed by atoms with Crippen LogP contribution in [0.1, 0.15) is 24.5 Å². The number of halogens is 1.